The van der Waals surface area contributed by atoms with E-state index >= 15 is 0 Å². The number of carbonyl (C=O) groups is 1. The summed E-state index contributed by atoms with van der Waals surface area (Å²) in [5.74, 6) is 2.21. The van der Waals surface area contributed by atoms with Gasteiger partial charge in [0.25, 0.3) is 0 Å². The second kappa shape index (κ2) is 8.06. The van der Waals surface area contributed by atoms with Crippen LogP contribution in [0.4, 0.5) is 0 Å². The first-order chi connectivity index (χ1) is 10.7. The van der Waals surface area contributed by atoms with Crippen LogP contribution in [0.15, 0.2) is 18.2 Å². The quantitative estimate of drug-likeness (QED) is 0.747. The van der Waals surface area contributed by atoms with E-state index in [9.17, 15) is 4.79 Å². The minimum atomic E-state index is -0.0886. The zero-order valence-electron chi connectivity index (χ0n) is 13.8. The first kappa shape index (κ1) is 16.7. The van der Waals surface area contributed by atoms with Crippen molar-refractivity contribution in [1.29, 1.82) is 0 Å². The average molecular weight is 306 g/mol. The first-order valence-electron chi connectivity index (χ1n) is 8.06. The molecule has 1 aromatic rings. The summed E-state index contributed by atoms with van der Waals surface area (Å²) in [6, 6.07) is 6.01. The summed E-state index contributed by atoms with van der Waals surface area (Å²) in [5, 5.41) is 0. The molecule has 1 saturated carbocycles. The molecule has 0 radical (unpaired) electrons. The third-order valence-electron chi connectivity index (χ3n) is 4.45. The molecular weight excluding hydrogens is 280 g/mol. The Hall–Kier alpha value is -1.71. The van der Waals surface area contributed by atoms with Crippen molar-refractivity contribution in [3.63, 3.8) is 0 Å². The van der Waals surface area contributed by atoms with Gasteiger partial charge >= 0.3 is 5.97 Å². The number of carbonyl (C=O) groups excluding carboxylic acids is 1. The smallest absolute Gasteiger partial charge is 0.306 e. The van der Waals surface area contributed by atoms with E-state index in [0.29, 0.717) is 24.9 Å². The molecule has 0 N–H and O–H groups in total. The van der Waals surface area contributed by atoms with Crippen LogP contribution in [0.2, 0.25) is 0 Å². The van der Waals surface area contributed by atoms with Crippen LogP contribution < -0.4 is 9.47 Å². The maximum Gasteiger partial charge on any atom is 0.306 e. The van der Waals surface area contributed by atoms with E-state index in [2.05, 4.69) is 12.1 Å². The Balaban J connectivity index is 2.21. The summed E-state index contributed by atoms with van der Waals surface area (Å²) in [4.78, 5) is 11.9. The second-order valence-corrected chi connectivity index (χ2v) is 5.81. The average Bonchev–Trinajstić information content (AvgIpc) is 2.55. The van der Waals surface area contributed by atoms with Gasteiger partial charge in [-0.2, -0.15) is 0 Å². The second-order valence-electron chi connectivity index (χ2n) is 5.81. The molecular formula is C18H26O4. The number of methoxy groups -OCH3 is 2. The molecule has 4 nitrogen and oxygen atoms in total. The van der Waals surface area contributed by atoms with Crippen molar-refractivity contribution in [1.82, 2.24) is 0 Å². The molecule has 4 heteroatoms. The van der Waals surface area contributed by atoms with Crippen LogP contribution in [0.1, 0.15) is 50.5 Å². The molecule has 0 aromatic heterocycles. The Morgan fingerprint density at radius 1 is 1.09 bits per heavy atom. The fourth-order valence-electron chi connectivity index (χ4n) is 3.37. The van der Waals surface area contributed by atoms with Gasteiger partial charge < -0.3 is 14.2 Å². The molecule has 1 aliphatic carbocycles. The molecule has 0 aliphatic heterocycles. The highest BCUT2D eigenvalue weighted by atomic mass is 16.5. The SMILES string of the molecule is CCOC(=O)CC1CCCCC1c1cc(OC)cc(OC)c1. The predicted octanol–water partition coefficient (Wildman–Crippen LogP) is 3.93. The standard InChI is InChI=1S/C18H26O4/c1-4-22-18(19)11-13-7-5-6-8-17(13)14-9-15(20-2)12-16(10-14)21-3/h9-10,12-13,17H,4-8,11H2,1-3H3. The monoisotopic (exact) mass is 306 g/mol. The van der Waals surface area contributed by atoms with Crippen molar-refractivity contribution in [3.05, 3.63) is 23.8 Å². The lowest BCUT2D eigenvalue weighted by atomic mass is 9.74. The normalized spacial score (nSPS) is 21.2. The summed E-state index contributed by atoms with van der Waals surface area (Å²) in [6.45, 7) is 2.30. The molecule has 0 bridgehead atoms. The molecule has 1 aromatic carbocycles. The number of rotatable bonds is 6. The van der Waals surface area contributed by atoms with Gasteiger partial charge in [-0.25, -0.2) is 0 Å². The lowest BCUT2D eigenvalue weighted by Gasteiger charge is -2.31. The van der Waals surface area contributed by atoms with Crippen LogP contribution in [-0.4, -0.2) is 26.8 Å². The number of hydrogen-bond acceptors (Lipinski definition) is 4. The number of ether oxygens (including phenoxy) is 3. The fourth-order valence-corrected chi connectivity index (χ4v) is 3.37. The number of esters is 1. The van der Waals surface area contributed by atoms with Gasteiger partial charge in [-0.3, -0.25) is 4.79 Å². The minimum absolute atomic E-state index is 0.0886. The summed E-state index contributed by atoms with van der Waals surface area (Å²) in [6.07, 6.45) is 5.05. The van der Waals surface area contributed by atoms with Gasteiger partial charge in [-0.1, -0.05) is 12.8 Å². The van der Waals surface area contributed by atoms with Crippen molar-refractivity contribution < 1.29 is 19.0 Å². The third kappa shape index (κ3) is 4.15. The Morgan fingerprint density at radius 3 is 2.32 bits per heavy atom. The molecule has 0 spiro atoms. The van der Waals surface area contributed by atoms with Crippen LogP contribution >= 0.6 is 0 Å². The van der Waals surface area contributed by atoms with Gasteiger partial charge in [-0.15, -0.1) is 0 Å². The highest BCUT2D eigenvalue weighted by molar-refractivity contribution is 5.69. The van der Waals surface area contributed by atoms with Crippen LogP contribution in [0.25, 0.3) is 0 Å². The molecule has 0 amide bonds. The highest BCUT2D eigenvalue weighted by Gasteiger charge is 2.29. The van der Waals surface area contributed by atoms with Gasteiger partial charge in [-0.05, 0) is 49.3 Å². The molecule has 0 saturated heterocycles. The van der Waals surface area contributed by atoms with Gasteiger partial charge in [0.2, 0.25) is 0 Å². The van der Waals surface area contributed by atoms with E-state index in [0.717, 1.165) is 24.3 Å². The molecule has 2 rings (SSSR count). The fraction of sp³-hybridized carbons (Fsp3) is 0.611. The molecule has 0 heterocycles. The van der Waals surface area contributed by atoms with Gasteiger partial charge in [0, 0.05) is 12.5 Å². The Morgan fingerprint density at radius 2 is 1.73 bits per heavy atom. The molecule has 22 heavy (non-hydrogen) atoms. The van der Waals surface area contributed by atoms with Crippen molar-refractivity contribution in [2.24, 2.45) is 5.92 Å². The number of hydrogen-bond donors (Lipinski definition) is 0. The zero-order chi connectivity index (χ0) is 15.9. The summed E-state index contributed by atoms with van der Waals surface area (Å²) in [5.41, 5.74) is 1.20. The summed E-state index contributed by atoms with van der Waals surface area (Å²) >= 11 is 0. The van der Waals surface area contributed by atoms with Crippen molar-refractivity contribution in [2.75, 3.05) is 20.8 Å². The largest absolute Gasteiger partial charge is 0.497 e. The zero-order valence-corrected chi connectivity index (χ0v) is 13.8. The summed E-state index contributed by atoms with van der Waals surface area (Å²) < 4.78 is 15.9. The van der Waals surface area contributed by atoms with Crippen molar-refractivity contribution in [2.45, 2.75) is 44.9 Å². The number of benzene rings is 1. The van der Waals surface area contributed by atoms with Crippen molar-refractivity contribution >= 4 is 5.97 Å². The molecule has 2 atom stereocenters. The van der Waals surface area contributed by atoms with Gasteiger partial charge in [0.1, 0.15) is 11.5 Å². The Kier molecular flexibility index (Phi) is 6.10. The van der Waals surface area contributed by atoms with Crippen LogP contribution in [0, 0.1) is 5.92 Å². The lowest BCUT2D eigenvalue weighted by Crippen LogP contribution is -2.22. The molecule has 1 aliphatic rings. The van der Waals surface area contributed by atoms with E-state index in [1.807, 2.05) is 13.0 Å². The first-order valence-corrected chi connectivity index (χ1v) is 8.06. The van der Waals surface area contributed by atoms with Crippen LogP contribution in [-0.2, 0) is 9.53 Å². The topological polar surface area (TPSA) is 44.8 Å². The van der Waals surface area contributed by atoms with Gasteiger partial charge in [0.05, 0.1) is 20.8 Å². The van der Waals surface area contributed by atoms with Crippen molar-refractivity contribution in [3.8, 4) is 11.5 Å². The van der Waals surface area contributed by atoms with E-state index in [1.165, 1.54) is 18.4 Å². The molecule has 2 unspecified atom stereocenters. The van der Waals surface area contributed by atoms with E-state index in [-0.39, 0.29) is 5.97 Å². The highest BCUT2D eigenvalue weighted by Crippen LogP contribution is 2.41. The maximum absolute atomic E-state index is 11.9. The van der Waals surface area contributed by atoms with Crippen LogP contribution in [0.5, 0.6) is 11.5 Å². The minimum Gasteiger partial charge on any atom is -0.497 e. The Labute approximate surface area is 132 Å². The summed E-state index contributed by atoms with van der Waals surface area (Å²) in [7, 11) is 3.32. The molecule has 122 valence electrons. The van der Waals surface area contributed by atoms with E-state index < -0.39 is 0 Å². The predicted molar refractivity (Wildman–Crippen MR) is 85.5 cm³/mol. The van der Waals surface area contributed by atoms with E-state index in [1.54, 1.807) is 14.2 Å². The Bertz CT molecular complexity index is 476. The molecule has 1 fully saturated rings. The lowest BCUT2D eigenvalue weighted by molar-refractivity contribution is -0.144. The van der Waals surface area contributed by atoms with Crippen LogP contribution in [0.3, 0.4) is 0 Å². The van der Waals surface area contributed by atoms with E-state index in [4.69, 9.17) is 14.2 Å². The van der Waals surface area contributed by atoms with Gasteiger partial charge in [0.15, 0.2) is 0 Å². The maximum atomic E-state index is 11.9. The third-order valence-corrected chi connectivity index (χ3v) is 4.45.